The predicted octanol–water partition coefficient (Wildman–Crippen LogP) is 2.52. The number of aliphatic carboxylic acids is 1. The van der Waals surface area contributed by atoms with Crippen molar-refractivity contribution in [1.82, 2.24) is 0 Å². The van der Waals surface area contributed by atoms with Crippen LogP contribution in [0.25, 0.3) is 0 Å². The van der Waals surface area contributed by atoms with Crippen LogP contribution in [-0.2, 0) is 4.79 Å². The average molecular weight is 499 g/mol. The summed E-state index contributed by atoms with van der Waals surface area (Å²) >= 11 is 6.35. The van der Waals surface area contributed by atoms with E-state index in [0.717, 1.165) is 12.8 Å². The monoisotopic (exact) mass is 498 g/mol. The second-order valence-corrected chi connectivity index (χ2v) is 9.44. The Labute approximate surface area is 231 Å². The van der Waals surface area contributed by atoms with Crippen LogP contribution in [-0.4, -0.2) is 18.4 Å². The van der Waals surface area contributed by atoms with E-state index < -0.39 is 11.9 Å². The third-order valence-electron chi connectivity index (χ3n) is 6.77. The van der Waals surface area contributed by atoms with Crippen LogP contribution in [0.5, 0.6) is 17.2 Å². The van der Waals surface area contributed by atoms with Crippen molar-refractivity contribution >= 4 is 23.4 Å². The second kappa shape index (κ2) is 11.2. The van der Waals surface area contributed by atoms with Crippen molar-refractivity contribution in [2.75, 3.05) is 6.61 Å². The van der Waals surface area contributed by atoms with Gasteiger partial charge in [-0.05, 0) is 67.0 Å². The Morgan fingerprint density at radius 3 is 2.43 bits per heavy atom. The van der Waals surface area contributed by atoms with Crippen molar-refractivity contribution in [2.24, 2.45) is 5.92 Å². The maximum absolute atomic E-state index is 12.7. The van der Waals surface area contributed by atoms with E-state index in [4.69, 9.17) is 21.1 Å². The van der Waals surface area contributed by atoms with E-state index in [1.54, 1.807) is 36.4 Å². The Balaban J connectivity index is 0.00000289. The molecule has 5 rings (SSSR count). The fourth-order valence-corrected chi connectivity index (χ4v) is 5.04. The first-order valence-corrected chi connectivity index (χ1v) is 11.9. The van der Waals surface area contributed by atoms with Gasteiger partial charge in [-0.1, -0.05) is 41.9 Å². The Morgan fingerprint density at radius 2 is 1.74 bits per heavy atom. The first-order valence-electron chi connectivity index (χ1n) is 11.5. The van der Waals surface area contributed by atoms with Gasteiger partial charge in [0, 0.05) is 35.5 Å². The summed E-state index contributed by atoms with van der Waals surface area (Å²) in [4.78, 5) is 24.1. The molecule has 1 saturated carbocycles. The molecular formula is C28H24ClNaO5. The van der Waals surface area contributed by atoms with Crippen molar-refractivity contribution in [3.63, 3.8) is 0 Å². The summed E-state index contributed by atoms with van der Waals surface area (Å²) in [6.07, 6.45) is 3.00. The summed E-state index contributed by atoms with van der Waals surface area (Å²) in [6.45, 7) is 0.288. The fourth-order valence-electron chi connectivity index (χ4n) is 4.83. The van der Waals surface area contributed by atoms with Gasteiger partial charge in [-0.15, -0.1) is 0 Å². The van der Waals surface area contributed by atoms with Crippen LogP contribution >= 0.6 is 11.6 Å². The van der Waals surface area contributed by atoms with Gasteiger partial charge in [-0.3, -0.25) is 4.79 Å². The van der Waals surface area contributed by atoms with Gasteiger partial charge in [0.2, 0.25) is 0 Å². The zero-order chi connectivity index (χ0) is 23.7. The smallest absolute Gasteiger partial charge is 0.549 e. The average Bonchev–Trinajstić information content (AvgIpc) is 2.82. The summed E-state index contributed by atoms with van der Waals surface area (Å²) in [5, 5.41) is 11.7. The SMILES string of the molecule is O=C(CC1CC(c2ccccc2)C1)c1ccc(Oc2cc3c(cc2Cl)C(C(=O)[O-])CCO3)cc1.[Na+]. The van der Waals surface area contributed by atoms with Gasteiger partial charge >= 0.3 is 29.6 Å². The molecule has 5 nitrogen and oxygen atoms in total. The van der Waals surface area contributed by atoms with Crippen LogP contribution in [0, 0.1) is 5.92 Å². The first-order chi connectivity index (χ1) is 16.5. The Hall–Kier alpha value is -2.31. The van der Waals surface area contributed by atoms with Crippen molar-refractivity contribution in [3.05, 3.63) is 88.4 Å². The van der Waals surface area contributed by atoms with Crippen LogP contribution in [0.1, 0.15) is 59.0 Å². The minimum atomic E-state index is -1.15. The topological polar surface area (TPSA) is 75.7 Å². The molecule has 0 bridgehead atoms. The van der Waals surface area contributed by atoms with Crippen molar-refractivity contribution in [3.8, 4) is 17.2 Å². The van der Waals surface area contributed by atoms with Gasteiger partial charge in [-0.25, -0.2) is 0 Å². The van der Waals surface area contributed by atoms with E-state index in [9.17, 15) is 14.7 Å². The van der Waals surface area contributed by atoms with Crippen LogP contribution < -0.4 is 44.1 Å². The third kappa shape index (κ3) is 5.75. The van der Waals surface area contributed by atoms with Gasteiger partial charge < -0.3 is 19.4 Å². The minimum Gasteiger partial charge on any atom is -0.549 e. The van der Waals surface area contributed by atoms with Crippen LogP contribution in [0.2, 0.25) is 5.02 Å². The molecule has 3 aromatic rings. The van der Waals surface area contributed by atoms with Crippen molar-refractivity contribution < 1.29 is 53.7 Å². The molecule has 1 unspecified atom stereocenters. The molecule has 7 heteroatoms. The van der Waals surface area contributed by atoms with Gasteiger partial charge in [-0.2, -0.15) is 0 Å². The summed E-state index contributed by atoms with van der Waals surface area (Å²) < 4.78 is 11.5. The number of fused-ring (bicyclic) bond motifs is 1. The van der Waals surface area contributed by atoms with E-state index in [1.165, 1.54) is 5.56 Å². The maximum atomic E-state index is 12.7. The molecule has 0 amide bonds. The third-order valence-corrected chi connectivity index (χ3v) is 7.07. The molecule has 2 aliphatic rings. The largest absolute Gasteiger partial charge is 1.00 e. The van der Waals surface area contributed by atoms with Crippen molar-refractivity contribution in [1.29, 1.82) is 0 Å². The minimum absolute atomic E-state index is 0. The molecule has 1 aliphatic heterocycles. The molecule has 35 heavy (non-hydrogen) atoms. The van der Waals surface area contributed by atoms with E-state index >= 15 is 0 Å². The number of benzene rings is 3. The number of carboxylic acids is 1. The summed E-state index contributed by atoms with van der Waals surface area (Å²) in [6, 6.07) is 20.6. The number of rotatable bonds is 7. The number of carbonyl (C=O) groups is 2. The quantitative estimate of drug-likeness (QED) is 0.369. The van der Waals surface area contributed by atoms with Crippen LogP contribution in [0.15, 0.2) is 66.7 Å². The zero-order valence-electron chi connectivity index (χ0n) is 19.5. The normalized spacial score (nSPS) is 20.4. The molecule has 0 radical (unpaired) electrons. The fraction of sp³-hybridized carbons (Fsp3) is 0.286. The molecule has 0 aromatic heterocycles. The molecule has 3 aromatic carbocycles. The standard InChI is InChI=1S/C28H25ClO5.Na/c29-24-15-23-22(28(31)32)10-11-33-26(23)16-27(24)34-21-8-6-19(7-9-21)25(30)14-17-12-20(13-17)18-4-2-1-3-5-18;/h1-9,15-17,20,22H,10-14H2,(H,31,32);/q;+1/p-1. The van der Waals surface area contributed by atoms with E-state index in [1.807, 2.05) is 6.07 Å². The Morgan fingerprint density at radius 1 is 1.03 bits per heavy atom. The molecule has 1 atom stereocenters. The molecular weight excluding hydrogens is 475 g/mol. The number of hydrogen-bond acceptors (Lipinski definition) is 5. The predicted molar refractivity (Wildman–Crippen MR) is 127 cm³/mol. The zero-order valence-corrected chi connectivity index (χ0v) is 22.3. The van der Waals surface area contributed by atoms with E-state index in [-0.39, 0.29) is 47.0 Å². The molecule has 0 N–H and O–H groups in total. The first kappa shape index (κ1) is 25.8. The molecule has 1 heterocycles. The second-order valence-electron chi connectivity index (χ2n) is 9.03. The summed E-state index contributed by atoms with van der Waals surface area (Å²) in [5.41, 5.74) is 2.51. The molecule has 0 saturated heterocycles. The van der Waals surface area contributed by atoms with E-state index in [2.05, 4.69) is 24.3 Å². The number of hydrogen-bond donors (Lipinski definition) is 0. The number of Topliss-reactive ketones (excluding diaryl/α,β-unsaturated/α-hetero) is 1. The van der Waals surface area contributed by atoms with Crippen LogP contribution in [0.4, 0.5) is 0 Å². The molecule has 174 valence electrons. The molecule has 1 aliphatic carbocycles. The van der Waals surface area contributed by atoms with Gasteiger partial charge in [0.25, 0.3) is 0 Å². The number of halogens is 1. The summed E-state index contributed by atoms with van der Waals surface area (Å²) in [7, 11) is 0. The Kier molecular flexibility index (Phi) is 8.23. The number of ether oxygens (including phenoxy) is 2. The number of carboxylic acid groups (broad SMARTS) is 1. The van der Waals surface area contributed by atoms with E-state index in [0.29, 0.717) is 53.1 Å². The summed E-state index contributed by atoms with van der Waals surface area (Å²) in [5.74, 6) is 0.539. The number of carbonyl (C=O) groups excluding carboxylic acids is 2. The van der Waals surface area contributed by atoms with Gasteiger partial charge in [0.15, 0.2) is 5.78 Å². The van der Waals surface area contributed by atoms with Crippen LogP contribution in [0.3, 0.4) is 0 Å². The molecule has 1 fully saturated rings. The van der Waals surface area contributed by atoms with Gasteiger partial charge in [0.05, 0.1) is 11.6 Å². The Bertz CT molecular complexity index is 1210. The maximum Gasteiger partial charge on any atom is 1.00 e. The van der Waals surface area contributed by atoms with Gasteiger partial charge in [0.1, 0.15) is 17.2 Å². The number of ketones is 1. The van der Waals surface area contributed by atoms with Crippen molar-refractivity contribution in [2.45, 2.75) is 37.5 Å². The molecule has 0 spiro atoms.